The fraction of sp³-hybridized carbons (Fsp3) is 0.909. The summed E-state index contributed by atoms with van der Waals surface area (Å²) < 4.78 is 23.9. The number of carbonyl (C=O) groups excluding carboxylic acids is 2. The minimum absolute atomic E-state index is 0.0314. The lowest BCUT2D eigenvalue weighted by atomic mass is 9.98. The van der Waals surface area contributed by atoms with Crippen LogP contribution in [0.5, 0.6) is 0 Å². The van der Waals surface area contributed by atoms with Gasteiger partial charge in [-0.05, 0) is 33.4 Å². The normalized spacial score (nSPS) is 24.0. The van der Waals surface area contributed by atoms with E-state index in [1.807, 2.05) is 19.0 Å². The molecule has 2 amide bonds. The van der Waals surface area contributed by atoms with Gasteiger partial charge in [-0.2, -0.15) is 0 Å². The summed E-state index contributed by atoms with van der Waals surface area (Å²) in [5.41, 5.74) is 0. The first-order valence-electron chi connectivity index (χ1n) is 11.7. The summed E-state index contributed by atoms with van der Waals surface area (Å²) >= 11 is 0. The van der Waals surface area contributed by atoms with Crippen LogP contribution in [0.15, 0.2) is 0 Å². The van der Waals surface area contributed by atoms with E-state index < -0.39 is 27.7 Å². The first-order chi connectivity index (χ1) is 14.3. The zero-order chi connectivity index (χ0) is 22.0. The van der Waals surface area contributed by atoms with E-state index in [0.29, 0.717) is 19.5 Å². The molecule has 0 aromatic rings. The molecule has 1 saturated heterocycles. The highest BCUT2D eigenvalue weighted by Crippen LogP contribution is 2.19. The van der Waals surface area contributed by atoms with Crippen molar-refractivity contribution in [1.82, 2.24) is 15.1 Å². The van der Waals surface area contributed by atoms with Gasteiger partial charge in [0.25, 0.3) is 0 Å². The average molecular weight is 444 g/mol. The predicted octanol–water partition coefficient (Wildman–Crippen LogP) is 2.35. The van der Waals surface area contributed by atoms with Crippen LogP contribution in [0.25, 0.3) is 0 Å². The van der Waals surface area contributed by atoms with Crippen LogP contribution in [0, 0.1) is 0 Å². The molecule has 8 heteroatoms. The van der Waals surface area contributed by atoms with Crippen molar-refractivity contribution in [2.75, 3.05) is 38.7 Å². The number of hydrogen-bond acceptors (Lipinski definition) is 5. The summed E-state index contributed by atoms with van der Waals surface area (Å²) in [5, 5.41) is 2.99. The molecule has 1 unspecified atom stereocenters. The second-order valence-electron chi connectivity index (χ2n) is 9.29. The van der Waals surface area contributed by atoms with Gasteiger partial charge in [0.05, 0.1) is 11.5 Å². The van der Waals surface area contributed by atoms with E-state index in [0.717, 1.165) is 25.7 Å². The van der Waals surface area contributed by atoms with Crippen LogP contribution < -0.4 is 5.32 Å². The lowest BCUT2D eigenvalue weighted by Crippen LogP contribution is -2.52. The molecule has 1 heterocycles. The van der Waals surface area contributed by atoms with Gasteiger partial charge in [0.2, 0.25) is 0 Å². The highest BCUT2D eigenvalue weighted by atomic mass is 32.2. The van der Waals surface area contributed by atoms with Crippen LogP contribution in [0.1, 0.15) is 77.0 Å². The zero-order valence-corrected chi connectivity index (χ0v) is 19.7. The van der Waals surface area contributed by atoms with E-state index in [4.69, 9.17) is 0 Å². The van der Waals surface area contributed by atoms with Crippen molar-refractivity contribution in [3.63, 3.8) is 0 Å². The van der Waals surface area contributed by atoms with Gasteiger partial charge in [-0.15, -0.1) is 0 Å². The zero-order valence-electron chi connectivity index (χ0n) is 18.9. The first-order valence-corrected chi connectivity index (χ1v) is 13.6. The Balaban J connectivity index is 1.97. The molecule has 2 fully saturated rings. The summed E-state index contributed by atoms with van der Waals surface area (Å²) in [5.74, 6) is -1.10. The number of sulfone groups is 1. The molecule has 0 bridgehead atoms. The third-order valence-corrected chi connectivity index (χ3v) is 8.08. The molecule has 1 aliphatic carbocycles. The third-order valence-electron chi connectivity index (χ3n) is 6.33. The van der Waals surface area contributed by atoms with E-state index in [9.17, 15) is 18.0 Å². The molecule has 0 aromatic carbocycles. The molecule has 0 aromatic heterocycles. The molecule has 1 aliphatic heterocycles. The fourth-order valence-corrected chi connectivity index (χ4v) is 6.19. The number of carbonyl (C=O) groups is 2. The molecule has 2 rings (SSSR count). The first kappa shape index (κ1) is 25.1. The van der Waals surface area contributed by atoms with Crippen molar-refractivity contribution in [1.29, 1.82) is 0 Å². The minimum Gasteiger partial charge on any atom is -0.345 e. The number of rotatable bonds is 5. The summed E-state index contributed by atoms with van der Waals surface area (Å²) in [6.45, 7) is 0.961. The number of nitrogens with zero attached hydrogens (tertiary/aromatic N) is 2. The second-order valence-corrected chi connectivity index (χ2v) is 11.5. The molecule has 0 radical (unpaired) electrons. The smallest absolute Gasteiger partial charge is 0.312 e. The second kappa shape index (κ2) is 12.6. The standard InChI is InChI=1S/C22H41N3O4S/c1-24(2)15-16-25(20-14-17-30(28,29)18-20)22(27)21(26)23-19-12-10-8-6-4-3-5-7-9-11-13-19/h19-20H,3-18H2,1-2H3,(H,23,26). The fourth-order valence-electron chi connectivity index (χ4n) is 4.46. The maximum absolute atomic E-state index is 13.0. The largest absolute Gasteiger partial charge is 0.345 e. The van der Waals surface area contributed by atoms with E-state index in [2.05, 4.69) is 5.32 Å². The van der Waals surface area contributed by atoms with Crippen molar-refractivity contribution in [3.05, 3.63) is 0 Å². The maximum Gasteiger partial charge on any atom is 0.312 e. The highest BCUT2D eigenvalue weighted by molar-refractivity contribution is 7.91. The Hall–Kier alpha value is -1.15. The quantitative estimate of drug-likeness (QED) is 0.659. The Morgan fingerprint density at radius 2 is 1.37 bits per heavy atom. The van der Waals surface area contributed by atoms with Crippen molar-refractivity contribution in [2.24, 2.45) is 0 Å². The Bertz CT molecular complexity index is 639. The van der Waals surface area contributed by atoms with Gasteiger partial charge < -0.3 is 15.1 Å². The highest BCUT2D eigenvalue weighted by Gasteiger charge is 2.37. The van der Waals surface area contributed by atoms with Crippen LogP contribution in [-0.2, 0) is 19.4 Å². The van der Waals surface area contributed by atoms with Gasteiger partial charge in [0.1, 0.15) is 0 Å². The van der Waals surface area contributed by atoms with Gasteiger partial charge in [0, 0.05) is 25.2 Å². The molecule has 30 heavy (non-hydrogen) atoms. The van der Waals surface area contributed by atoms with Crippen molar-refractivity contribution < 1.29 is 18.0 Å². The molecule has 1 atom stereocenters. The summed E-state index contributed by atoms with van der Waals surface area (Å²) in [6.07, 6.45) is 13.1. The SMILES string of the molecule is CN(C)CCN(C(=O)C(=O)NC1CCCCCCCCCCC1)C1CCS(=O)(=O)C1. The van der Waals surface area contributed by atoms with E-state index in [1.165, 1.54) is 49.8 Å². The van der Waals surface area contributed by atoms with Crippen LogP contribution >= 0.6 is 0 Å². The van der Waals surface area contributed by atoms with Crippen LogP contribution in [0.4, 0.5) is 0 Å². The van der Waals surface area contributed by atoms with Crippen molar-refractivity contribution >= 4 is 21.7 Å². The molecule has 1 saturated carbocycles. The van der Waals surface area contributed by atoms with Gasteiger partial charge in [-0.25, -0.2) is 8.42 Å². The summed E-state index contributed by atoms with van der Waals surface area (Å²) in [6, 6.07) is -0.367. The Kier molecular flexibility index (Phi) is 10.6. The summed E-state index contributed by atoms with van der Waals surface area (Å²) in [4.78, 5) is 29.3. The van der Waals surface area contributed by atoms with Gasteiger partial charge >= 0.3 is 11.8 Å². The molecule has 2 aliphatic rings. The number of likely N-dealkylation sites (N-methyl/N-ethyl adjacent to an activating group) is 1. The Morgan fingerprint density at radius 1 is 0.833 bits per heavy atom. The predicted molar refractivity (Wildman–Crippen MR) is 120 cm³/mol. The van der Waals surface area contributed by atoms with Crippen molar-refractivity contribution in [2.45, 2.75) is 89.1 Å². The number of nitrogens with one attached hydrogen (secondary N) is 1. The maximum atomic E-state index is 13.0. The van der Waals surface area contributed by atoms with Crippen LogP contribution in [-0.4, -0.2) is 80.8 Å². The number of hydrogen-bond donors (Lipinski definition) is 1. The topological polar surface area (TPSA) is 86.8 Å². The Morgan fingerprint density at radius 3 is 1.83 bits per heavy atom. The van der Waals surface area contributed by atoms with Crippen LogP contribution in [0.2, 0.25) is 0 Å². The van der Waals surface area contributed by atoms with E-state index >= 15 is 0 Å². The van der Waals surface area contributed by atoms with Crippen molar-refractivity contribution in [3.8, 4) is 0 Å². The molecular formula is C22H41N3O4S. The molecule has 0 spiro atoms. The number of amides is 2. The molecular weight excluding hydrogens is 402 g/mol. The van der Waals surface area contributed by atoms with Gasteiger partial charge in [0.15, 0.2) is 9.84 Å². The van der Waals surface area contributed by atoms with Gasteiger partial charge in [-0.1, -0.05) is 57.8 Å². The lowest BCUT2D eigenvalue weighted by Gasteiger charge is -2.29. The summed E-state index contributed by atoms with van der Waals surface area (Å²) in [7, 11) is 0.676. The molecule has 1 N–H and O–H groups in total. The molecule has 7 nitrogen and oxygen atoms in total. The monoisotopic (exact) mass is 443 g/mol. The minimum atomic E-state index is -3.13. The van der Waals surface area contributed by atoms with E-state index in [1.54, 1.807) is 0 Å². The van der Waals surface area contributed by atoms with E-state index in [-0.39, 0.29) is 17.5 Å². The lowest BCUT2D eigenvalue weighted by molar-refractivity contribution is -0.147. The van der Waals surface area contributed by atoms with Crippen LogP contribution in [0.3, 0.4) is 0 Å². The average Bonchev–Trinajstić information content (AvgIpc) is 3.03. The Labute approximate surface area is 182 Å². The van der Waals surface area contributed by atoms with Gasteiger partial charge in [-0.3, -0.25) is 9.59 Å². The molecule has 174 valence electrons. The third kappa shape index (κ3) is 8.92.